The lowest BCUT2D eigenvalue weighted by Crippen LogP contribution is -2.16. The van der Waals surface area contributed by atoms with Crippen LogP contribution in [-0.2, 0) is 45.1 Å². The SMILES string of the molecule is Cc1cc(N(c2nc3ccc(S(=O)(=O)O)cc3s2)c2c(C)cc(C)c(S(=O)(=O)O)c2C)cc(Nc2c(C)cc(C)c(S(=O)(=O)O)c2C)c1/N=N/c1c(C#N)c(C(C)(C)C)nn1-c1nc2ccc(SOOO)cc2s1. The highest BCUT2D eigenvalue weighted by atomic mass is 32.2. The molecule has 386 valence electrons. The Hall–Kier alpha value is -6.26. The molecule has 0 atom stereocenters. The summed E-state index contributed by atoms with van der Waals surface area (Å²) in [5.74, 6) is 0.0119. The first-order valence-corrected chi connectivity index (χ1v) is 28.5. The van der Waals surface area contributed by atoms with Crippen molar-refractivity contribution in [3.05, 3.63) is 111 Å². The molecule has 8 rings (SSSR count). The molecule has 0 radical (unpaired) electrons. The summed E-state index contributed by atoms with van der Waals surface area (Å²) in [4.78, 5) is 10.7. The van der Waals surface area contributed by atoms with E-state index in [-0.39, 0.29) is 76.2 Å². The van der Waals surface area contributed by atoms with Crippen molar-refractivity contribution in [1.29, 1.82) is 5.26 Å². The Kier molecular flexibility index (Phi) is 14.4. The number of fused-ring (bicyclic) bond motifs is 2. The number of hydrogen-bond acceptors (Lipinski definition) is 20. The Balaban J connectivity index is 1.42. The van der Waals surface area contributed by atoms with Gasteiger partial charge in [0.05, 0.1) is 60.1 Å². The molecule has 27 heteroatoms. The highest BCUT2D eigenvalue weighted by Crippen LogP contribution is 2.49. The van der Waals surface area contributed by atoms with E-state index in [1.54, 1.807) is 75.1 Å². The van der Waals surface area contributed by atoms with Crippen molar-refractivity contribution >= 4 is 125 Å². The van der Waals surface area contributed by atoms with E-state index in [1.807, 2.05) is 20.8 Å². The molecular weight excluding hydrogens is 1070 g/mol. The minimum absolute atomic E-state index is 0.0119. The zero-order valence-electron chi connectivity index (χ0n) is 40.9. The Bertz CT molecular complexity index is 4060. The van der Waals surface area contributed by atoms with Gasteiger partial charge in [0.1, 0.15) is 27.1 Å². The molecule has 0 saturated heterocycles. The molecule has 0 spiro atoms. The highest BCUT2D eigenvalue weighted by molar-refractivity contribution is 7.94. The number of azo groups is 1. The third-order valence-electron chi connectivity index (χ3n) is 11.8. The van der Waals surface area contributed by atoms with Crippen LogP contribution < -0.4 is 10.2 Å². The van der Waals surface area contributed by atoms with E-state index in [4.69, 9.17) is 30.6 Å². The fourth-order valence-electron chi connectivity index (χ4n) is 8.84. The number of rotatable bonds is 14. The maximum atomic E-state index is 13.1. The second-order valence-electron chi connectivity index (χ2n) is 18.2. The molecule has 0 bridgehead atoms. The highest BCUT2D eigenvalue weighted by Gasteiger charge is 2.32. The van der Waals surface area contributed by atoms with Gasteiger partial charge in [-0.25, -0.2) is 15.2 Å². The van der Waals surface area contributed by atoms with Crippen molar-refractivity contribution in [2.45, 2.75) is 94.2 Å². The topological polar surface area (TPSA) is 309 Å². The van der Waals surface area contributed by atoms with Crippen LogP contribution in [0.4, 0.5) is 39.4 Å². The summed E-state index contributed by atoms with van der Waals surface area (Å²) in [7, 11) is -14.2. The number of thiazole rings is 2. The number of nitriles is 1. The molecule has 0 aliphatic heterocycles. The Morgan fingerprint density at radius 1 is 0.743 bits per heavy atom. The molecular formula is C47H45N9O12S6. The molecule has 21 nitrogen and oxygen atoms in total. The average molecular weight is 1120 g/mol. The molecule has 0 aliphatic carbocycles. The predicted octanol–water partition coefficient (Wildman–Crippen LogP) is 12.2. The summed E-state index contributed by atoms with van der Waals surface area (Å²) in [6, 6.07) is 17.7. The lowest BCUT2D eigenvalue weighted by molar-refractivity contribution is -0.432. The van der Waals surface area contributed by atoms with Gasteiger partial charge in [-0.2, -0.15) is 40.3 Å². The third-order valence-corrected chi connectivity index (χ3v) is 17.5. The molecule has 5 N–H and O–H groups in total. The van der Waals surface area contributed by atoms with Gasteiger partial charge in [0.2, 0.25) is 5.13 Å². The Morgan fingerprint density at radius 3 is 1.99 bits per heavy atom. The van der Waals surface area contributed by atoms with Gasteiger partial charge in [0, 0.05) is 16.0 Å². The fraction of sp³-hybridized carbons (Fsp3) is 0.234. The van der Waals surface area contributed by atoms with Crippen molar-refractivity contribution < 1.29 is 53.5 Å². The Labute approximate surface area is 437 Å². The fourth-order valence-corrected chi connectivity index (χ4v) is 13.8. The summed E-state index contributed by atoms with van der Waals surface area (Å²) < 4.78 is 114. The molecule has 0 saturated carbocycles. The molecule has 0 unspecified atom stereocenters. The first-order chi connectivity index (χ1) is 34.5. The van der Waals surface area contributed by atoms with Gasteiger partial charge < -0.3 is 5.32 Å². The molecule has 0 amide bonds. The first kappa shape index (κ1) is 54.0. The number of nitrogens with zero attached hydrogens (tertiary/aromatic N) is 8. The third kappa shape index (κ3) is 10.4. The zero-order chi connectivity index (χ0) is 54.1. The van der Waals surface area contributed by atoms with Crippen LogP contribution in [0.1, 0.15) is 71.0 Å². The zero-order valence-corrected chi connectivity index (χ0v) is 45.8. The van der Waals surface area contributed by atoms with E-state index < -0.39 is 35.8 Å². The normalized spacial score (nSPS) is 12.6. The molecule has 3 heterocycles. The van der Waals surface area contributed by atoms with Gasteiger partial charge in [-0.15, -0.1) is 14.6 Å². The minimum atomic E-state index is -4.83. The summed E-state index contributed by atoms with van der Waals surface area (Å²) in [6.45, 7) is 16.9. The maximum absolute atomic E-state index is 13.1. The van der Waals surface area contributed by atoms with E-state index in [2.05, 4.69) is 20.8 Å². The van der Waals surface area contributed by atoms with Crippen molar-refractivity contribution in [2.75, 3.05) is 10.2 Å². The van der Waals surface area contributed by atoms with Gasteiger partial charge in [-0.3, -0.25) is 18.6 Å². The summed E-state index contributed by atoms with van der Waals surface area (Å²) in [5.41, 5.74) is 4.17. The standard InChI is InChI=1S/C47H45N9O12S6/c1-22-15-25(4)41(73(61,62)63)27(6)38(22)49-35-18-29(55(40-24(3)16-26(5)42(28(40)7)74(64,65)66)45-50-34-14-12-31(72(58,59)60)20-37(34)69-45)17-23(2)39(35)52-53-44-32(21-48)43(47(8,9)10)54-56(44)46-51-33-13-11-30(71-68-67-57)19-36(33)70-46/h11-20,49,57H,1-10H3,(H,58,59,60)(H,61,62,63)(H,64,65,66)/b53-52+. The number of aryl methyl sites for hydroxylation is 5. The lowest BCUT2D eigenvalue weighted by atomic mass is 9.90. The number of benzene rings is 5. The predicted molar refractivity (Wildman–Crippen MR) is 282 cm³/mol. The van der Waals surface area contributed by atoms with Crippen molar-refractivity contribution in [3.63, 3.8) is 0 Å². The molecule has 5 aromatic carbocycles. The van der Waals surface area contributed by atoms with Crippen LogP contribution in [0.15, 0.2) is 90.5 Å². The second kappa shape index (κ2) is 19.8. The van der Waals surface area contributed by atoms with Crippen molar-refractivity contribution in [2.24, 2.45) is 10.2 Å². The van der Waals surface area contributed by atoms with Gasteiger partial charge in [-0.1, -0.05) is 60.6 Å². The summed E-state index contributed by atoms with van der Waals surface area (Å²) in [6.07, 6.45) is 0. The average Bonchev–Trinajstić information content (AvgIpc) is 4.01. The van der Waals surface area contributed by atoms with E-state index in [9.17, 15) is 44.2 Å². The minimum Gasteiger partial charge on any atom is -0.353 e. The number of aromatic nitrogens is 4. The van der Waals surface area contributed by atoms with E-state index in [1.165, 1.54) is 55.0 Å². The largest absolute Gasteiger partial charge is 0.353 e. The van der Waals surface area contributed by atoms with Crippen LogP contribution in [0, 0.1) is 59.8 Å². The van der Waals surface area contributed by atoms with Crippen LogP contribution in [0.2, 0.25) is 0 Å². The van der Waals surface area contributed by atoms with Crippen LogP contribution in [-0.4, -0.2) is 63.9 Å². The number of hydrogen-bond donors (Lipinski definition) is 5. The van der Waals surface area contributed by atoms with Crippen LogP contribution in [0.3, 0.4) is 0 Å². The van der Waals surface area contributed by atoms with Gasteiger partial charge >= 0.3 is 0 Å². The lowest BCUT2D eigenvalue weighted by Gasteiger charge is -2.29. The van der Waals surface area contributed by atoms with Gasteiger partial charge in [-0.05, 0) is 136 Å². The monoisotopic (exact) mass is 1120 g/mol. The number of anilines is 5. The van der Waals surface area contributed by atoms with Crippen molar-refractivity contribution in [1.82, 2.24) is 19.7 Å². The molecule has 74 heavy (non-hydrogen) atoms. The maximum Gasteiger partial charge on any atom is 0.295 e. The second-order valence-corrected chi connectivity index (χ2v) is 25.1. The summed E-state index contributed by atoms with van der Waals surface area (Å²) >= 11 is 3.00. The quantitative estimate of drug-likeness (QED) is 0.0222. The molecule has 0 fully saturated rings. The summed E-state index contributed by atoms with van der Waals surface area (Å²) in [5, 5.41) is 41.5. The smallest absolute Gasteiger partial charge is 0.295 e. The first-order valence-electron chi connectivity index (χ1n) is 21.8. The van der Waals surface area contributed by atoms with Crippen LogP contribution in [0.25, 0.3) is 25.6 Å². The van der Waals surface area contributed by atoms with Gasteiger partial charge in [0.25, 0.3) is 30.4 Å². The molecule has 0 aliphatic rings. The van der Waals surface area contributed by atoms with E-state index >= 15 is 0 Å². The van der Waals surface area contributed by atoms with Crippen LogP contribution in [0.5, 0.6) is 0 Å². The van der Waals surface area contributed by atoms with E-state index in [0.29, 0.717) is 58.5 Å². The molecule has 8 aromatic rings. The van der Waals surface area contributed by atoms with Gasteiger partial charge in [0.15, 0.2) is 10.9 Å². The molecule has 3 aromatic heterocycles. The van der Waals surface area contributed by atoms with E-state index in [0.717, 1.165) is 23.4 Å². The number of nitrogens with one attached hydrogen (secondary N) is 1. The van der Waals surface area contributed by atoms with Crippen molar-refractivity contribution in [3.8, 4) is 11.2 Å². The van der Waals surface area contributed by atoms with Crippen LogP contribution >= 0.6 is 34.7 Å². The Morgan fingerprint density at radius 2 is 1.36 bits per heavy atom.